The molecule has 2 aliphatic rings. The molecular weight excluding hydrogens is 224 g/mol. The summed E-state index contributed by atoms with van der Waals surface area (Å²) in [6.45, 7) is 4.02. The van der Waals surface area contributed by atoms with Crippen molar-refractivity contribution in [3.8, 4) is 0 Å². The Balaban J connectivity index is 1.67. The molecular formula is C15H30N2O. The third kappa shape index (κ3) is 4.52. The fourth-order valence-corrected chi connectivity index (χ4v) is 3.79. The van der Waals surface area contributed by atoms with Gasteiger partial charge in [0.15, 0.2) is 0 Å². The molecule has 0 aromatic carbocycles. The molecule has 3 N–H and O–H groups in total. The number of hydrogen-bond donors (Lipinski definition) is 2. The Morgan fingerprint density at radius 3 is 2.56 bits per heavy atom. The van der Waals surface area contributed by atoms with E-state index in [0.29, 0.717) is 0 Å². The number of β-amino-alcohol motifs (C(OH)–C–C–N with tert-alkyl or cyclic N) is 1. The average Bonchev–Trinajstić information content (AvgIpc) is 2.82. The van der Waals surface area contributed by atoms with Crippen molar-refractivity contribution >= 4 is 0 Å². The highest BCUT2D eigenvalue weighted by molar-refractivity contribution is 4.77. The topological polar surface area (TPSA) is 49.5 Å². The summed E-state index contributed by atoms with van der Waals surface area (Å²) in [5, 5.41) is 10.2. The number of hydrogen-bond acceptors (Lipinski definition) is 3. The van der Waals surface area contributed by atoms with Crippen molar-refractivity contribution in [3.05, 3.63) is 0 Å². The molecule has 3 heteroatoms. The zero-order valence-electron chi connectivity index (χ0n) is 11.7. The number of piperidine rings is 1. The lowest BCUT2D eigenvalue weighted by molar-refractivity contribution is 0.0681. The molecule has 0 aromatic heterocycles. The molecule has 2 fully saturated rings. The fraction of sp³-hybridized carbons (Fsp3) is 1.00. The van der Waals surface area contributed by atoms with Crippen LogP contribution in [0.2, 0.25) is 0 Å². The minimum atomic E-state index is -0.107. The van der Waals surface area contributed by atoms with Crippen LogP contribution in [-0.4, -0.2) is 42.3 Å². The summed E-state index contributed by atoms with van der Waals surface area (Å²) in [4.78, 5) is 2.46. The van der Waals surface area contributed by atoms with Crippen molar-refractivity contribution in [2.45, 2.75) is 57.5 Å². The van der Waals surface area contributed by atoms with Gasteiger partial charge in [-0.3, -0.25) is 0 Å². The SMILES string of the molecule is NCCC1CCCN(CC(O)CC2CCCC2)C1. The van der Waals surface area contributed by atoms with E-state index in [-0.39, 0.29) is 6.10 Å². The number of likely N-dealkylation sites (tertiary alicyclic amines) is 1. The molecule has 2 atom stereocenters. The van der Waals surface area contributed by atoms with E-state index in [4.69, 9.17) is 5.73 Å². The van der Waals surface area contributed by atoms with E-state index in [2.05, 4.69) is 4.90 Å². The average molecular weight is 254 g/mol. The van der Waals surface area contributed by atoms with E-state index < -0.39 is 0 Å². The predicted molar refractivity (Wildman–Crippen MR) is 75.4 cm³/mol. The summed E-state index contributed by atoms with van der Waals surface area (Å²) in [5.74, 6) is 1.56. The van der Waals surface area contributed by atoms with Crippen LogP contribution in [-0.2, 0) is 0 Å². The minimum absolute atomic E-state index is 0.107. The second-order valence-corrected chi connectivity index (χ2v) is 6.39. The Labute approximate surface area is 112 Å². The van der Waals surface area contributed by atoms with Crippen LogP contribution in [0.5, 0.6) is 0 Å². The molecule has 1 aliphatic carbocycles. The molecule has 0 radical (unpaired) electrons. The largest absolute Gasteiger partial charge is 0.392 e. The molecule has 0 aromatic rings. The number of aliphatic hydroxyl groups is 1. The number of nitrogens with zero attached hydrogens (tertiary/aromatic N) is 1. The van der Waals surface area contributed by atoms with Crippen molar-refractivity contribution < 1.29 is 5.11 Å². The van der Waals surface area contributed by atoms with Gasteiger partial charge in [0.2, 0.25) is 0 Å². The van der Waals surface area contributed by atoms with Gasteiger partial charge < -0.3 is 15.7 Å². The molecule has 1 saturated heterocycles. The van der Waals surface area contributed by atoms with Gasteiger partial charge in [-0.15, -0.1) is 0 Å². The van der Waals surface area contributed by atoms with E-state index in [1.165, 1.54) is 45.1 Å². The van der Waals surface area contributed by atoms with Crippen molar-refractivity contribution in [1.82, 2.24) is 4.90 Å². The first-order chi connectivity index (χ1) is 8.78. The van der Waals surface area contributed by atoms with Crippen molar-refractivity contribution in [3.63, 3.8) is 0 Å². The number of nitrogens with two attached hydrogens (primary N) is 1. The molecule has 3 nitrogen and oxygen atoms in total. The molecule has 0 spiro atoms. The maximum Gasteiger partial charge on any atom is 0.0669 e. The lowest BCUT2D eigenvalue weighted by Gasteiger charge is -2.34. The maximum absolute atomic E-state index is 10.2. The van der Waals surface area contributed by atoms with E-state index in [1.54, 1.807) is 0 Å². The third-order valence-electron chi connectivity index (χ3n) is 4.73. The normalized spacial score (nSPS) is 28.7. The summed E-state index contributed by atoms with van der Waals surface area (Å²) < 4.78 is 0. The molecule has 1 heterocycles. The molecule has 0 amide bonds. The maximum atomic E-state index is 10.2. The standard InChI is InChI=1S/C15H30N2O/c16-8-7-14-6-3-9-17(11-14)12-15(18)10-13-4-1-2-5-13/h13-15,18H,1-12,16H2. The van der Waals surface area contributed by atoms with Crippen LogP contribution in [0.3, 0.4) is 0 Å². The summed E-state index contributed by atoms with van der Waals surface area (Å²) in [5.41, 5.74) is 5.65. The third-order valence-corrected chi connectivity index (χ3v) is 4.73. The highest BCUT2D eigenvalue weighted by Gasteiger charge is 2.23. The second kappa shape index (κ2) is 7.46. The molecule has 0 bridgehead atoms. The van der Waals surface area contributed by atoms with Gasteiger partial charge in [-0.05, 0) is 50.6 Å². The van der Waals surface area contributed by atoms with Crippen LogP contribution in [0.4, 0.5) is 0 Å². The quantitative estimate of drug-likeness (QED) is 0.762. The van der Waals surface area contributed by atoms with Crippen LogP contribution in [0.15, 0.2) is 0 Å². The van der Waals surface area contributed by atoms with Gasteiger partial charge in [0.25, 0.3) is 0 Å². The fourth-order valence-electron chi connectivity index (χ4n) is 3.79. The lowest BCUT2D eigenvalue weighted by Crippen LogP contribution is -2.41. The number of rotatable bonds is 6. The van der Waals surface area contributed by atoms with Gasteiger partial charge in [-0.25, -0.2) is 0 Å². The van der Waals surface area contributed by atoms with E-state index in [9.17, 15) is 5.11 Å². The van der Waals surface area contributed by atoms with Gasteiger partial charge in [0.05, 0.1) is 6.10 Å². The Kier molecular flexibility index (Phi) is 5.93. The Bertz CT molecular complexity index is 227. The van der Waals surface area contributed by atoms with Crippen LogP contribution >= 0.6 is 0 Å². The highest BCUT2D eigenvalue weighted by Crippen LogP contribution is 2.29. The van der Waals surface area contributed by atoms with Crippen molar-refractivity contribution in [1.29, 1.82) is 0 Å². The second-order valence-electron chi connectivity index (χ2n) is 6.39. The van der Waals surface area contributed by atoms with Gasteiger partial charge in [0, 0.05) is 13.1 Å². The Hall–Kier alpha value is -0.120. The Morgan fingerprint density at radius 1 is 1.11 bits per heavy atom. The summed E-state index contributed by atoms with van der Waals surface area (Å²) in [7, 11) is 0. The Morgan fingerprint density at radius 2 is 1.83 bits per heavy atom. The van der Waals surface area contributed by atoms with Gasteiger partial charge in [0.1, 0.15) is 0 Å². The van der Waals surface area contributed by atoms with E-state index in [0.717, 1.165) is 44.3 Å². The summed E-state index contributed by atoms with van der Waals surface area (Å²) in [6, 6.07) is 0. The molecule has 2 unspecified atom stereocenters. The first-order valence-corrected chi connectivity index (χ1v) is 7.88. The van der Waals surface area contributed by atoms with Crippen molar-refractivity contribution in [2.24, 2.45) is 17.6 Å². The highest BCUT2D eigenvalue weighted by atomic mass is 16.3. The molecule has 2 rings (SSSR count). The van der Waals surface area contributed by atoms with Gasteiger partial charge in [-0.2, -0.15) is 0 Å². The first kappa shape index (κ1) is 14.3. The monoisotopic (exact) mass is 254 g/mol. The van der Waals surface area contributed by atoms with Crippen molar-refractivity contribution in [2.75, 3.05) is 26.2 Å². The zero-order chi connectivity index (χ0) is 12.8. The zero-order valence-corrected chi connectivity index (χ0v) is 11.7. The summed E-state index contributed by atoms with van der Waals surface area (Å²) in [6.07, 6.45) is 10.1. The van der Waals surface area contributed by atoms with E-state index >= 15 is 0 Å². The minimum Gasteiger partial charge on any atom is -0.392 e. The van der Waals surface area contributed by atoms with Crippen LogP contribution in [0.25, 0.3) is 0 Å². The molecule has 1 aliphatic heterocycles. The first-order valence-electron chi connectivity index (χ1n) is 7.88. The molecule has 1 saturated carbocycles. The molecule has 18 heavy (non-hydrogen) atoms. The van der Waals surface area contributed by atoms with Crippen LogP contribution in [0.1, 0.15) is 51.4 Å². The summed E-state index contributed by atoms with van der Waals surface area (Å²) >= 11 is 0. The van der Waals surface area contributed by atoms with Gasteiger partial charge in [-0.1, -0.05) is 25.7 Å². The van der Waals surface area contributed by atoms with Gasteiger partial charge >= 0.3 is 0 Å². The molecule has 106 valence electrons. The van der Waals surface area contributed by atoms with E-state index in [1.807, 2.05) is 0 Å². The lowest BCUT2D eigenvalue weighted by atomic mass is 9.94. The van der Waals surface area contributed by atoms with Crippen LogP contribution in [0, 0.1) is 11.8 Å². The smallest absolute Gasteiger partial charge is 0.0669 e. The predicted octanol–water partition coefficient (Wildman–Crippen LogP) is 1.99. The number of aliphatic hydroxyl groups excluding tert-OH is 1. The van der Waals surface area contributed by atoms with Crippen LogP contribution < -0.4 is 5.73 Å².